The van der Waals surface area contributed by atoms with Gasteiger partial charge >= 0.3 is 5.97 Å². The summed E-state index contributed by atoms with van der Waals surface area (Å²) in [6.07, 6.45) is 1.24. The average molecular weight is 369 g/mol. The number of carboxylic acid groups (broad SMARTS) is 1. The van der Waals surface area contributed by atoms with Crippen LogP contribution in [-0.4, -0.2) is 38.5 Å². The first-order chi connectivity index (χ1) is 13.1. The summed E-state index contributed by atoms with van der Waals surface area (Å²) in [7, 11) is 3.07. The normalized spacial score (nSPS) is 10.6. The smallest absolute Gasteiger partial charge is 0.346 e. The molecule has 0 saturated carbocycles. The molecule has 0 spiro atoms. The first-order valence-corrected chi connectivity index (χ1v) is 8.00. The molecule has 140 valence electrons. The highest BCUT2D eigenvalue weighted by Crippen LogP contribution is 2.32. The zero-order chi connectivity index (χ0) is 19.6. The van der Waals surface area contributed by atoms with Crippen molar-refractivity contribution >= 4 is 12.0 Å². The van der Waals surface area contributed by atoms with E-state index in [1.54, 1.807) is 55.6 Å². The van der Waals surface area contributed by atoms with Crippen molar-refractivity contribution in [1.82, 2.24) is 0 Å². The summed E-state index contributed by atoms with van der Waals surface area (Å²) < 4.78 is 21.7. The highest BCUT2D eigenvalue weighted by atomic mass is 16.5. The van der Waals surface area contributed by atoms with Crippen molar-refractivity contribution in [2.75, 3.05) is 27.4 Å². The summed E-state index contributed by atoms with van der Waals surface area (Å²) in [6, 6.07) is 13.8. The van der Waals surface area contributed by atoms with Gasteiger partial charge in [0.25, 0.3) is 0 Å². The van der Waals surface area contributed by atoms with Crippen molar-refractivity contribution in [3.8, 4) is 29.1 Å². The molecular weight excluding hydrogens is 350 g/mol. The minimum absolute atomic E-state index is 0.197. The Morgan fingerprint density at radius 3 is 2.30 bits per heavy atom. The lowest BCUT2D eigenvalue weighted by Gasteiger charge is -2.14. The second-order valence-corrected chi connectivity index (χ2v) is 5.23. The monoisotopic (exact) mass is 369 g/mol. The van der Waals surface area contributed by atoms with Crippen LogP contribution in [0.3, 0.4) is 0 Å². The zero-order valence-electron chi connectivity index (χ0n) is 15.0. The molecule has 2 aromatic rings. The van der Waals surface area contributed by atoms with Gasteiger partial charge in [0, 0.05) is 5.56 Å². The van der Waals surface area contributed by atoms with Crippen molar-refractivity contribution in [2.45, 2.75) is 0 Å². The van der Waals surface area contributed by atoms with Crippen LogP contribution in [-0.2, 0) is 4.79 Å². The van der Waals surface area contributed by atoms with Gasteiger partial charge in [-0.15, -0.1) is 0 Å². The summed E-state index contributed by atoms with van der Waals surface area (Å²) in [5, 5.41) is 18.0. The summed E-state index contributed by atoms with van der Waals surface area (Å²) in [6.45, 7) is 0.458. The van der Waals surface area contributed by atoms with Crippen LogP contribution in [0, 0.1) is 11.3 Å². The first-order valence-electron chi connectivity index (χ1n) is 8.00. The number of rotatable bonds is 9. The molecule has 27 heavy (non-hydrogen) atoms. The van der Waals surface area contributed by atoms with Crippen LogP contribution in [0.25, 0.3) is 6.08 Å². The standard InChI is InChI=1S/C20H19NO6/c1-24-16-6-8-17(9-7-16)26-10-11-27-19-14(4-3-5-18(19)25-2)12-15(13-21)20(22)23/h3-9,12H,10-11H2,1-2H3,(H,22,23). The van der Waals surface area contributed by atoms with Gasteiger partial charge in [-0.2, -0.15) is 5.26 Å². The van der Waals surface area contributed by atoms with Gasteiger partial charge in [-0.05, 0) is 36.4 Å². The van der Waals surface area contributed by atoms with E-state index in [1.165, 1.54) is 13.2 Å². The van der Waals surface area contributed by atoms with Gasteiger partial charge in [0.05, 0.1) is 14.2 Å². The molecule has 0 radical (unpaired) electrons. The quantitative estimate of drug-likeness (QED) is 0.412. The van der Waals surface area contributed by atoms with Gasteiger partial charge in [0.15, 0.2) is 11.5 Å². The van der Waals surface area contributed by atoms with Crippen LogP contribution in [0.4, 0.5) is 0 Å². The third kappa shape index (κ3) is 5.41. The number of aliphatic carboxylic acids is 1. The lowest BCUT2D eigenvalue weighted by Crippen LogP contribution is -2.10. The fourth-order valence-corrected chi connectivity index (χ4v) is 2.23. The van der Waals surface area contributed by atoms with Crippen LogP contribution >= 0.6 is 0 Å². The Bertz CT molecular complexity index is 852. The largest absolute Gasteiger partial charge is 0.497 e. The number of carbonyl (C=O) groups is 1. The van der Waals surface area contributed by atoms with E-state index in [0.717, 1.165) is 5.75 Å². The van der Waals surface area contributed by atoms with Crippen LogP contribution in [0.1, 0.15) is 5.56 Å². The Kier molecular flexibility index (Phi) is 7.08. The summed E-state index contributed by atoms with van der Waals surface area (Å²) in [4.78, 5) is 11.1. The number of hydrogen-bond donors (Lipinski definition) is 1. The van der Waals surface area contributed by atoms with Crippen molar-refractivity contribution in [3.63, 3.8) is 0 Å². The summed E-state index contributed by atoms with van der Waals surface area (Å²) in [5.41, 5.74) is 0.0281. The number of para-hydroxylation sites is 1. The van der Waals surface area contributed by atoms with E-state index in [9.17, 15) is 4.79 Å². The molecule has 0 atom stereocenters. The third-order valence-corrected chi connectivity index (χ3v) is 3.54. The molecule has 7 heteroatoms. The Balaban J connectivity index is 2.08. The van der Waals surface area contributed by atoms with E-state index in [2.05, 4.69) is 0 Å². The summed E-state index contributed by atoms with van der Waals surface area (Å²) >= 11 is 0. The highest BCUT2D eigenvalue weighted by Gasteiger charge is 2.13. The number of benzene rings is 2. The van der Waals surface area contributed by atoms with Crippen LogP contribution in [0.2, 0.25) is 0 Å². The van der Waals surface area contributed by atoms with E-state index in [0.29, 0.717) is 22.8 Å². The number of nitrogens with zero attached hydrogens (tertiary/aromatic N) is 1. The van der Waals surface area contributed by atoms with E-state index >= 15 is 0 Å². The molecule has 0 fully saturated rings. The molecule has 0 aliphatic carbocycles. The van der Waals surface area contributed by atoms with Crippen molar-refractivity contribution in [2.24, 2.45) is 0 Å². The topological polar surface area (TPSA) is 98.0 Å². The van der Waals surface area contributed by atoms with Crippen molar-refractivity contribution in [3.05, 3.63) is 53.6 Å². The van der Waals surface area contributed by atoms with Crippen molar-refractivity contribution < 1.29 is 28.8 Å². The van der Waals surface area contributed by atoms with E-state index in [4.69, 9.17) is 29.3 Å². The molecule has 0 bridgehead atoms. The lowest BCUT2D eigenvalue weighted by molar-refractivity contribution is -0.132. The average Bonchev–Trinajstić information content (AvgIpc) is 2.69. The van der Waals surface area contributed by atoms with Gasteiger partial charge in [-0.25, -0.2) is 4.79 Å². The fraction of sp³-hybridized carbons (Fsp3) is 0.200. The molecule has 1 N–H and O–H groups in total. The number of hydrogen-bond acceptors (Lipinski definition) is 6. The second kappa shape index (κ2) is 9.73. The van der Waals surface area contributed by atoms with Crippen LogP contribution < -0.4 is 18.9 Å². The lowest BCUT2D eigenvalue weighted by atomic mass is 10.1. The van der Waals surface area contributed by atoms with Gasteiger partial charge in [-0.1, -0.05) is 12.1 Å². The van der Waals surface area contributed by atoms with Gasteiger partial charge in [0.1, 0.15) is 36.4 Å². The molecule has 0 aromatic heterocycles. The maximum Gasteiger partial charge on any atom is 0.346 e. The number of methoxy groups -OCH3 is 2. The molecule has 0 aliphatic heterocycles. The van der Waals surface area contributed by atoms with Gasteiger partial charge < -0.3 is 24.1 Å². The predicted octanol–water partition coefficient (Wildman–Crippen LogP) is 3.15. The minimum atomic E-state index is -1.31. The SMILES string of the molecule is COc1ccc(OCCOc2c(C=C(C#N)C(=O)O)cccc2OC)cc1. The Morgan fingerprint density at radius 1 is 1.04 bits per heavy atom. The van der Waals surface area contributed by atoms with Crippen molar-refractivity contribution in [1.29, 1.82) is 5.26 Å². The minimum Gasteiger partial charge on any atom is -0.497 e. The number of ether oxygens (including phenoxy) is 4. The molecule has 0 saturated heterocycles. The van der Waals surface area contributed by atoms with Gasteiger partial charge in [0.2, 0.25) is 0 Å². The molecule has 2 aromatic carbocycles. The summed E-state index contributed by atoms with van der Waals surface area (Å²) in [5.74, 6) is 0.852. The molecular formula is C20H19NO6. The number of nitriles is 1. The van der Waals surface area contributed by atoms with Gasteiger partial charge in [-0.3, -0.25) is 0 Å². The Labute approximate surface area is 157 Å². The maximum absolute atomic E-state index is 11.1. The zero-order valence-corrected chi connectivity index (χ0v) is 15.0. The molecule has 2 rings (SSSR count). The number of carboxylic acids is 1. The first kappa shape index (κ1) is 19.7. The maximum atomic E-state index is 11.1. The van der Waals surface area contributed by atoms with E-state index in [1.807, 2.05) is 0 Å². The fourth-order valence-electron chi connectivity index (χ4n) is 2.23. The van der Waals surface area contributed by atoms with E-state index in [-0.39, 0.29) is 13.2 Å². The molecule has 0 heterocycles. The molecule has 7 nitrogen and oxygen atoms in total. The molecule has 0 aliphatic rings. The second-order valence-electron chi connectivity index (χ2n) is 5.23. The molecule has 0 unspecified atom stereocenters. The molecule has 0 amide bonds. The van der Waals surface area contributed by atoms with E-state index < -0.39 is 11.5 Å². The highest BCUT2D eigenvalue weighted by molar-refractivity contribution is 5.97. The predicted molar refractivity (Wildman–Crippen MR) is 98.2 cm³/mol. The van der Waals surface area contributed by atoms with Crippen LogP contribution in [0.15, 0.2) is 48.0 Å². The Hall–Kier alpha value is -3.66. The van der Waals surface area contributed by atoms with Crippen LogP contribution in [0.5, 0.6) is 23.0 Å². The third-order valence-electron chi connectivity index (χ3n) is 3.54. The Morgan fingerprint density at radius 2 is 1.70 bits per heavy atom.